The number of amides is 2. The van der Waals surface area contributed by atoms with Gasteiger partial charge in [0.1, 0.15) is 13.2 Å². The maximum Gasteiger partial charge on any atom is 0.242 e. The third kappa shape index (κ3) is 5.09. The number of thiophene rings is 1. The molecule has 6 nitrogen and oxygen atoms in total. The molecule has 0 bridgehead atoms. The number of carbonyl (C=O) groups excluding carboxylic acids is 2. The van der Waals surface area contributed by atoms with Crippen molar-refractivity contribution in [3.8, 4) is 11.5 Å². The van der Waals surface area contributed by atoms with E-state index in [1.54, 1.807) is 18.4 Å². The van der Waals surface area contributed by atoms with Crippen LogP contribution in [0.25, 0.3) is 0 Å². The molecule has 0 spiro atoms. The smallest absolute Gasteiger partial charge is 0.242 e. The summed E-state index contributed by atoms with van der Waals surface area (Å²) in [6.07, 6.45) is 3.31. The molecule has 1 saturated carbocycles. The van der Waals surface area contributed by atoms with Crippen molar-refractivity contribution in [3.05, 3.63) is 46.2 Å². The fourth-order valence-corrected chi connectivity index (χ4v) is 5.22. The van der Waals surface area contributed by atoms with E-state index in [0.29, 0.717) is 31.1 Å². The Morgan fingerprint density at radius 1 is 1.19 bits per heavy atom. The zero-order valence-corrected chi connectivity index (χ0v) is 19.9. The van der Waals surface area contributed by atoms with Crippen LogP contribution in [0.1, 0.15) is 49.6 Å². The Balaban J connectivity index is 1.50. The summed E-state index contributed by atoms with van der Waals surface area (Å²) in [7, 11) is 1.62. The number of hydrogen-bond acceptors (Lipinski definition) is 5. The van der Waals surface area contributed by atoms with E-state index in [1.807, 2.05) is 47.9 Å². The van der Waals surface area contributed by atoms with Crippen LogP contribution in [-0.2, 0) is 16.0 Å². The molecule has 0 N–H and O–H groups in total. The van der Waals surface area contributed by atoms with Crippen molar-refractivity contribution >= 4 is 23.2 Å². The summed E-state index contributed by atoms with van der Waals surface area (Å²) < 4.78 is 11.6. The van der Waals surface area contributed by atoms with Gasteiger partial charge in [0.2, 0.25) is 11.8 Å². The number of benzene rings is 1. The molecule has 32 heavy (non-hydrogen) atoms. The summed E-state index contributed by atoms with van der Waals surface area (Å²) in [5.41, 5.74) is 1.15. The number of fused-ring (bicyclic) bond motifs is 1. The average Bonchev–Trinajstić information content (AvgIpc) is 3.50. The van der Waals surface area contributed by atoms with E-state index < -0.39 is 0 Å². The molecule has 1 aliphatic heterocycles. The Bertz CT molecular complexity index is 953. The van der Waals surface area contributed by atoms with Gasteiger partial charge in [-0.2, -0.15) is 0 Å². The molecule has 0 radical (unpaired) electrons. The van der Waals surface area contributed by atoms with Crippen LogP contribution in [0.5, 0.6) is 11.5 Å². The predicted molar refractivity (Wildman–Crippen MR) is 125 cm³/mol. The highest BCUT2D eigenvalue weighted by Crippen LogP contribution is 2.36. The van der Waals surface area contributed by atoms with Crippen LogP contribution >= 0.6 is 11.3 Å². The zero-order valence-electron chi connectivity index (χ0n) is 19.1. The van der Waals surface area contributed by atoms with Crippen LogP contribution < -0.4 is 9.47 Å². The van der Waals surface area contributed by atoms with Gasteiger partial charge in [0.15, 0.2) is 11.5 Å². The third-order valence-electron chi connectivity index (χ3n) is 6.08. The molecule has 2 heterocycles. The second-order valence-electron chi connectivity index (χ2n) is 8.96. The van der Waals surface area contributed by atoms with Crippen molar-refractivity contribution in [2.24, 2.45) is 5.92 Å². The number of carbonyl (C=O) groups is 2. The van der Waals surface area contributed by atoms with E-state index in [2.05, 4.69) is 11.4 Å². The lowest BCUT2D eigenvalue weighted by Gasteiger charge is -2.37. The monoisotopic (exact) mass is 456 g/mol. The van der Waals surface area contributed by atoms with Gasteiger partial charge in [-0.05, 0) is 54.3 Å². The van der Waals surface area contributed by atoms with Gasteiger partial charge < -0.3 is 19.3 Å². The van der Waals surface area contributed by atoms with Crippen LogP contribution in [0, 0.1) is 5.92 Å². The minimum Gasteiger partial charge on any atom is -0.493 e. The lowest BCUT2D eigenvalue weighted by Crippen LogP contribution is -2.48. The van der Waals surface area contributed by atoms with Crippen molar-refractivity contribution in [3.63, 3.8) is 0 Å². The first-order chi connectivity index (χ1) is 15.5. The second-order valence-corrected chi connectivity index (χ2v) is 9.97. The molecule has 1 aromatic heterocycles. The van der Waals surface area contributed by atoms with Crippen LogP contribution in [0.3, 0.4) is 0 Å². The lowest BCUT2D eigenvalue weighted by atomic mass is 10.00. The number of ether oxygens (including phenoxy) is 2. The Labute approximate surface area is 194 Å². The van der Waals surface area contributed by atoms with Crippen molar-refractivity contribution in [1.29, 1.82) is 0 Å². The molecule has 172 valence electrons. The molecule has 2 amide bonds. The summed E-state index contributed by atoms with van der Waals surface area (Å²) in [4.78, 5) is 31.3. The highest BCUT2D eigenvalue weighted by atomic mass is 32.1. The van der Waals surface area contributed by atoms with Crippen LogP contribution in [0.15, 0.2) is 35.7 Å². The second kappa shape index (κ2) is 9.94. The summed E-state index contributed by atoms with van der Waals surface area (Å²) in [6, 6.07) is 9.69. The Hall–Kier alpha value is -2.54. The fourth-order valence-electron chi connectivity index (χ4n) is 4.29. The van der Waals surface area contributed by atoms with Gasteiger partial charge in [-0.3, -0.25) is 9.59 Å². The van der Waals surface area contributed by atoms with Crippen molar-refractivity contribution < 1.29 is 19.1 Å². The van der Waals surface area contributed by atoms with E-state index >= 15 is 0 Å². The number of methoxy groups -OCH3 is 1. The van der Waals surface area contributed by atoms with Crippen LogP contribution in [0.2, 0.25) is 0 Å². The summed E-state index contributed by atoms with van der Waals surface area (Å²) in [5, 5.41) is 2.08. The predicted octanol–water partition coefficient (Wildman–Crippen LogP) is 4.30. The quantitative estimate of drug-likeness (QED) is 0.565. The van der Waals surface area contributed by atoms with Gasteiger partial charge in [0.25, 0.3) is 0 Å². The average molecular weight is 457 g/mol. The molecule has 4 rings (SSSR count). The Kier molecular flexibility index (Phi) is 7.04. The van der Waals surface area contributed by atoms with Crippen molar-refractivity contribution in [2.45, 2.75) is 51.6 Å². The number of para-hydroxylation sites is 2. The van der Waals surface area contributed by atoms with E-state index in [-0.39, 0.29) is 36.4 Å². The molecule has 0 unspecified atom stereocenters. The largest absolute Gasteiger partial charge is 0.493 e. The molecule has 2 aliphatic rings. The minimum absolute atomic E-state index is 0.000479. The lowest BCUT2D eigenvalue weighted by molar-refractivity contribution is -0.143. The van der Waals surface area contributed by atoms with E-state index in [1.165, 1.54) is 4.88 Å². The maximum absolute atomic E-state index is 13.5. The topological polar surface area (TPSA) is 59.1 Å². The van der Waals surface area contributed by atoms with Gasteiger partial charge in [0.05, 0.1) is 13.2 Å². The molecular weight excluding hydrogens is 424 g/mol. The van der Waals surface area contributed by atoms with E-state index in [4.69, 9.17) is 9.47 Å². The SMILES string of the molecule is COc1ccccc1OC[C@H]1c2ccsc2CCN1C(=O)CN(C(=O)CC(C)C)C1CC1. The number of nitrogens with zero attached hydrogens (tertiary/aromatic N) is 2. The third-order valence-corrected chi connectivity index (χ3v) is 7.07. The molecule has 7 heteroatoms. The molecule has 1 aromatic carbocycles. The summed E-state index contributed by atoms with van der Waals surface area (Å²) in [5.74, 6) is 1.71. The first-order valence-electron chi connectivity index (χ1n) is 11.4. The highest BCUT2D eigenvalue weighted by molar-refractivity contribution is 7.10. The number of rotatable bonds is 9. The van der Waals surface area contributed by atoms with Gasteiger partial charge in [-0.15, -0.1) is 11.3 Å². The van der Waals surface area contributed by atoms with Crippen LogP contribution in [0.4, 0.5) is 0 Å². The fraction of sp³-hybridized carbons (Fsp3) is 0.520. The Morgan fingerprint density at radius 3 is 2.62 bits per heavy atom. The summed E-state index contributed by atoms with van der Waals surface area (Å²) >= 11 is 1.73. The first kappa shape index (κ1) is 22.6. The molecule has 0 saturated heterocycles. The van der Waals surface area contributed by atoms with E-state index in [0.717, 1.165) is 24.8 Å². The Morgan fingerprint density at radius 2 is 1.94 bits per heavy atom. The van der Waals surface area contributed by atoms with Crippen molar-refractivity contribution in [2.75, 3.05) is 26.8 Å². The first-order valence-corrected chi connectivity index (χ1v) is 12.3. The zero-order chi connectivity index (χ0) is 22.7. The molecule has 2 aromatic rings. The molecule has 1 atom stereocenters. The van der Waals surface area contributed by atoms with Gasteiger partial charge in [-0.1, -0.05) is 26.0 Å². The standard InChI is InChI=1S/C25H32N2O4S/c1-17(2)14-24(28)27(18-8-9-18)15-25(29)26-12-10-23-19(11-13-32-23)20(26)16-31-22-7-5-4-6-21(22)30-3/h4-7,11,13,17-18,20H,8-10,12,14-16H2,1-3H3/t20-/m0/s1. The molecular formula is C25H32N2O4S. The number of hydrogen-bond donors (Lipinski definition) is 0. The molecule has 1 fully saturated rings. The van der Waals surface area contributed by atoms with E-state index in [9.17, 15) is 9.59 Å². The minimum atomic E-state index is -0.177. The summed E-state index contributed by atoms with van der Waals surface area (Å²) in [6.45, 7) is 5.22. The maximum atomic E-state index is 13.5. The van der Waals surface area contributed by atoms with Crippen LogP contribution in [-0.4, -0.2) is 54.5 Å². The normalized spacial score (nSPS) is 17.8. The molecule has 1 aliphatic carbocycles. The van der Waals surface area contributed by atoms with Gasteiger partial charge in [0, 0.05) is 23.9 Å². The van der Waals surface area contributed by atoms with Gasteiger partial charge in [-0.25, -0.2) is 0 Å². The van der Waals surface area contributed by atoms with Gasteiger partial charge >= 0.3 is 0 Å². The van der Waals surface area contributed by atoms with Crippen molar-refractivity contribution in [1.82, 2.24) is 9.80 Å². The highest BCUT2D eigenvalue weighted by Gasteiger charge is 2.38.